The number of hydrogen-bond acceptors (Lipinski definition) is 5. The molecule has 1 atom stereocenters. The largest absolute Gasteiger partial charge is 0.610 e. The van der Waals surface area contributed by atoms with E-state index in [-0.39, 0.29) is 10.1 Å². The van der Waals surface area contributed by atoms with Gasteiger partial charge in [0.2, 0.25) is 0 Å². The summed E-state index contributed by atoms with van der Waals surface area (Å²) in [5, 5.41) is 3.49. The van der Waals surface area contributed by atoms with Crippen molar-refractivity contribution in [3.63, 3.8) is 0 Å². The Labute approximate surface area is 108 Å². The van der Waals surface area contributed by atoms with Crippen LogP contribution in [0.4, 0.5) is 13.2 Å². The molecule has 0 aliphatic rings. The molecule has 0 bridgehead atoms. The van der Waals surface area contributed by atoms with Crippen LogP contribution in [-0.4, -0.2) is 28.6 Å². The molecular formula is C9H9F3N2O2S2. The molecule has 0 aliphatic carbocycles. The lowest BCUT2D eigenvalue weighted by atomic mass is 10.4. The van der Waals surface area contributed by atoms with Crippen LogP contribution >= 0.6 is 11.3 Å². The first kappa shape index (κ1) is 15.0. The van der Waals surface area contributed by atoms with Gasteiger partial charge in [-0.25, -0.2) is 4.39 Å². The van der Waals surface area contributed by atoms with Crippen molar-refractivity contribution in [2.45, 2.75) is 10.8 Å². The van der Waals surface area contributed by atoms with E-state index in [0.717, 1.165) is 11.3 Å². The summed E-state index contributed by atoms with van der Waals surface area (Å²) in [4.78, 5) is 8.90. The van der Waals surface area contributed by atoms with E-state index >= 15 is 0 Å². The average Bonchev–Trinajstić information content (AvgIpc) is 2.81. The lowest BCUT2D eigenvalue weighted by Gasteiger charge is -2.04. The SMILES string of the molecule is CON=Cc1cnc([S+]([O-])CCC(F)=C(F)F)s1. The molecule has 1 heterocycles. The molecule has 9 heteroatoms. The summed E-state index contributed by atoms with van der Waals surface area (Å²) in [7, 11) is 1.37. The van der Waals surface area contributed by atoms with Gasteiger partial charge in [-0.1, -0.05) is 16.5 Å². The molecule has 100 valence electrons. The number of nitrogens with zero attached hydrogens (tertiary/aromatic N) is 2. The maximum absolute atomic E-state index is 12.5. The molecule has 0 aliphatic heterocycles. The minimum Gasteiger partial charge on any atom is -0.610 e. The zero-order valence-electron chi connectivity index (χ0n) is 9.23. The molecule has 1 aromatic heterocycles. The summed E-state index contributed by atoms with van der Waals surface area (Å²) in [6.07, 6.45) is -0.155. The van der Waals surface area contributed by atoms with Gasteiger partial charge in [-0.05, 0) is 0 Å². The molecule has 0 fully saturated rings. The van der Waals surface area contributed by atoms with E-state index in [2.05, 4.69) is 15.0 Å². The molecular weight excluding hydrogens is 289 g/mol. The molecule has 0 saturated carbocycles. The molecule has 0 spiro atoms. The van der Waals surface area contributed by atoms with Crippen LogP contribution in [0, 0.1) is 0 Å². The van der Waals surface area contributed by atoms with Gasteiger partial charge in [0.25, 0.3) is 0 Å². The molecule has 0 N–H and O–H groups in total. The van der Waals surface area contributed by atoms with E-state index in [9.17, 15) is 17.7 Å². The van der Waals surface area contributed by atoms with Crippen molar-refractivity contribution in [2.75, 3.05) is 12.9 Å². The fraction of sp³-hybridized carbons (Fsp3) is 0.333. The zero-order valence-corrected chi connectivity index (χ0v) is 10.9. The van der Waals surface area contributed by atoms with Crippen LogP contribution in [-0.2, 0) is 16.0 Å². The van der Waals surface area contributed by atoms with E-state index < -0.39 is 29.5 Å². The smallest absolute Gasteiger partial charge is 0.302 e. The highest BCUT2D eigenvalue weighted by atomic mass is 32.2. The average molecular weight is 298 g/mol. The minimum absolute atomic E-state index is 0.236. The van der Waals surface area contributed by atoms with Crippen LogP contribution in [0.25, 0.3) is 0 Å². The van der Waals surface area contributed by atoms with Gasteiger partial charge >= 0.3 is 10.4 Å². The summed E-state index contributed by atoms with van der Waals surface area (Å²) in [5.74, 6) is -1.78. The van der Waals surface area contributed by atoms with Gasteiger partial charge in [0.1, 0.15) is 12.9 Å². The topological polar surface area (TPSA) is 57.5 Å². The molecule has 0 radical (unpaired) electrons. The maximum Gasteiger partial charge on any atom is 0.302 e. The van der Waals surface area contributed by atoms with Gasteiger partial charge in [-0.15, -0.1) is 0 Å². The normalized spacial score (nSPS) is 12.7. The Balaban J connectivity index is 2.57. The lowest BCUT2D eigenvalue weighted by molar-refractivity contribution is 0.215. The summed E-state index contributed by atoms with van der Waals surface area (Å²) >= 11 is -0.533. The lowest BCUT2D eigenvalue weighted by Crippen LogP contribution is -2.06. The van der Waals surface area contributed by atoms with E-state index in [1.54, 1.807) is 0 Å². The van der Waals surface area contributed by atoms with Crippen molar-refractivity contribution in [1.82, 2.24) is 4.98 Å². The zero-order chi connectivity index (χ0) is 13.5. The molecule has 0 saturated heterocycles. The highest BCUT2D eigenvalue weighted by molar-refractivity contribution is 7.93. The van der Waals surface area contributed by atoms with Crippen molar-refractivity contribution in [2.24, 2.45) is 5.16 Å². The van der Waals surface area contributed by atoms with E-state index in [0.29, 0.717) is 4.88 Å². The minimum atomic E-state index is -2.38. The third-order valence-electron chi connectivity index (χ3n) is 1.69. The predicted octanol–water partition coefficient (Wildman–Crippen LogP) is 2.70. The number of halogens is 3. The Morgan fingerprint density at radius 1 is 1.61 bits per heavy atom. The van der Waals surface area contributed by atoms with Crippen LogP contribution < -0.4 is 0 Å². The Hall–Kier alpha value is -1.06. The van der Waals surface area contributed by atoms with Crippen molar-refractivity contribution >= 4 is 28.7 Å². The monoisotopic (exact) mass is 298 g/mol. The number of allylic oxidation sites excluding steroid dienone is 1. The van der Waals surface area contributed by atoms with Crippen molar-refractivity contribution in [1.29, 1.82) is 0 Å². The standard InChI is InChI=1S/C9H9F3N2O2S2/c1-16-14-5-6-4-13-9(17-6)18(15)3-2-7(10)8(11)12/h4-5H,2-3H2,1H3. The number of hydrogen-bond donors (Lipinski definition) is 0. The first-order chi connectivity index (χ1) is 8.54. The molecule has 1 rings (SSSR count). The summed E-state index contributed by atoms with van der Waals surface area (Å²) in [6, 6.07) is 0. The fourth-order valence-corrected chi connectivity index (χ4v) is 3.03. The Morgan fingerprint density at radius 2 is 2.33 bits per heavy atom. The van der Waals surface area contributed by atoms with Crippen molar-refractivity contribution < 1.29 is 22.6 Å². The summed E-state index contributed by atoms with van der Waals surface area (Å²) < 4.78 is 47.9. The van der Waals surface area contributed by atoms with Gasteiger partial charge in [0.15, 0.2) is 5.83 Å². The fourth-order valence-electron chi connectivity index (χ4n) is 0.904. The third-order valence-corrected chi connectivity index (χ3v) is 4.30. The molecule has 0 aromatic carbocycles. The van der Waals surface area contributed by atoms with E-state index in [4.69, 9.17) is 0 Å². The van der Waals surface area contributed by atoms with Crippen LogP contribution in [0.3, 0.4) is 0 Å². The van der Waals surface area contributed by atoms with Crippen LogP contribution in [0.15, 0.2) is 27.6 Å². The summed E-state index contributed by atoms with van der Waals surface area (Å²) in [6.45, 7) is 0. The van der Waals surface area contributed by atoms with E-state index in [1.165, 1.54) is 19.5 Å². The van der Waals surface area contributed by atoms with Crippen molar-refractivity contribution in [3.05, 3.63) is 23.0 Å². The Kier molecular flexibility index (Phi) is 6.16. The molecule has 0 amide bonds. The second-order valence-corrected chi connectivity index (χ2v) is 5.72. The van der Waals surface area contributed by atoms with Gasteiger partial charge in [-0.2, -0.15) is 13.8 Å². The predicted molar refractivity (Wildman–Crippen MR) is 63.0 cm³/mol. The van der Waals surface area contributed by atoms with Crippen LogP contribution in [0.1, 0.15) is 11.3 Å². The van der Waals surface area contributed by atoms with E-state index in [1.807, 2.05) is 0 Å². The van der Waals surface area contributed by atoms with Crippen LogP contribution in [0.2, 0.25) is 0 Å². The Morgan fingerprint density at radius 3 is 2.94 bits per heavy atom. The maximum atomic E-state index is 12.5. The number of thiazole rings is 1. The van der Waals surface area contributed by atoms with Crippen molar-refractivity contribution in [3.8, 4) is 0 Å². The van der Waals surface area contributed by atoms with Crippen LogP contribution in [0.5, 0.6) is 0 Å². The summed E-state index contributed by atoms with van der Waals surface area (Å²) in [5.41, 5.74) is 0. The molecule has 1 unspecified atom stereocenters. The Bertz CT molecular complexity index is 447. The first-order valence-corrected chi connectivity index (χ1v) is 6.78. The van der Waals surface area contributed by atoms with Gasteiger partial charge < -0.3 is 9.39 Å². The second-order valence-electron chi connectivity index (χ2n) is 2.91. The van der Waals surface area contributed by atoms with Gasteiger partial charge in [-0.3, -0.25) is 0 Å². The molecule has 4 nitrogen and oxygen atoms in total. The van der Waals surface area contributed by atoms with Gasteiger partial charge in [0.05, 0.1) is 23.7 Å². The number of oxime groups is 1. The first-order valence-electron chi connectivity index (χ1n) is 4.65. The quantitative estimate of drug-likeness (QED) is 0.461. The second kappa shape index (κ2) is 7.39. The number of aromatic nitrogens is 1. The highest BCUT2D eigenvalue weighted by Crippen LogP contribution is 2.21. The number of rotatable bonds is 6. The molecule has 18 heavy (non-hydrogen) atoms. The molecule has 1 aromatic rings. The highest BCUT2D eigenvalue weighted by Gasteiger charge is 2.18. The van der Waals surface area contributed by atoms with Gasteiger partial charge in [0, 0.05) is 11.2 Å². The third kappa shape index (κ3) is 4.67.